The third kappa shape index (κ3) is 3.39. The third-order valence-electron chi connectivity index (χ3n) is 3.25. The van der Waals surface area contributed by atoms with E-state index in [9.17, 15) is 19.1 Å². The zero-order valence-electron chi connectivity index (χ0n) is 11.6. The molecule has 8 heteroatoms. The second-order valence-corrected chi connectivity index (χ2v) is 5.56. The number of carboxylic acids is 1. The van der Waals surface area contributed by atoms with Gasteiger partial charge >= 0.3 is 5.97 Å². The van der Waals surface area contributed by atoms with E-state index in [2.05, 4.69) is 10.3 Å². The number of nitrogens with one attached hydrogen (secondary N) is 1. The summed E-state index contributed by atoms with van der Waals surface area (Å²) in [5.41, 5.74) is -0.835. The molecule has 22 heavy (non-hydrogen) atoms. The van der Waals surface area contributed by atoms with Gasteiger partial charge in [0, 0.05) is 17.8 Å². The zero-order chi connectivity index (χ0) is 16.4. The molecule has 0 unspecified atom stereocenters. The highest BCUT2D eigenvalue weighted by molar-refractivity contribution is 6.37. The van der Waals surface area contributed by atoms with Crippen LogP contribution in [0.3, 0.4) is 0 Å². The smallest absolute Gasteiger partial charge is 0.341 e. The van der Waals surface area contributed by atoms with Gasteiger partial charge in [-0.1, -0.05) is 30.1 Å². The maximum Gasteiger partial charge on any atom is 0.341 e. The molecule has 5 nitrogen and oxygen atoms in total. The SMILES string of the molecule is CCc1c(F)c(Cl)nc(Cl)c1C(=O)/C(=C\NC1CC1)C(=O)O. The molecule has 0 bridgehead atoms. The first-order chi connectivity index (χ1) is 10.4. The van der Waals surface area contributed by atoms with Crippen LogP contribution in [0.5, 0.6) is 0 Å². The first kappa shape index (κ1) is 16.7. The average molecular weight is 347 g/mol. The number of halogens is 3. The fraction of sp³-hybridized carbons (Fsp3) is 0.357. The Hall–Kier alpha value is -1.66. The van der Waals surface area contributed by atoms with Crippen molar-refractivity contribution in [2.24, 2.45) is 0 Å². The monoisotopic (exact) mass is 346 g/mol. The molecule has 118 valence electrons. The molecular weight excluding hydrogens is 334 g/mol. The number of rotatable bonds is 6. The molecule has 1 aliphatic rings. The predicted molar refractivity (Wildman–Crippen MR) is 79.8 cm³/mol. The van der Waals surface area contributed by atoms with Gasteiger partial charge in [-0.25, -0.2) is 14.2 Å². The minimum Gasteiger partial charge on any atom is -0.477 e. The summed E-state index contributed by atoms with van der Waals surface area (Å²) in [6, 6.07) is 0.170. The lowest BCUT2D eigenvalue weighted by atomic mass is 9.99. The van der Waals surface area contributed by atoms with Crippen LogP contribution >= 0.6 is 23.2 Å². The number of carbonyl (C=O) groups is 2. The number of aliphatic carboxylic acids is 1. The summed E-state index contributed by atoms with van der Waals surface area (Å²) >= 11 is 11.5. The maximum atomic E-state index is 14.0. The highest BCUT2D eigenvalue weighted by atomic mass is 35.5. The van der Waals surface area contributed by atoms with Gasteiger partial charge in [0.15, 0.2) is 11.0 Å². The van der Waals surface area contributed by atoms with Crippen molar-refractivity contribution in [3.05, 3.63) is 39.0 Å². The Morgan fingerprint density at radius 1 is 1.41 bits per heavy atom. The number of aromatic nitrogens is 1. The number of carbonyl (C=O) groups excluding carboxylic acids is 1. The number of nitrogens with zero attached hydrogens (tertiary/aromatic N) is 1. The van der Waals surface area contributed by atoms with E-state index in [4.69, 9.17) is 23.2 Å². The van der Waals surface area contributed by atoms with Crippen molar-refractivity contribution in [2.75, 3.05) is 0 Å². The lowest BCUT2D eigenvalue weighted by Gasteiger charge is -2.11. The zero-order valence-corrected chi connectivity index (χ0v) is 13.1. The van der Waals surface area contributed by atoms with Gasteiger partial charge in [0.2, 0.25) is 5.78 Å². The molecule has 1 aromatic heterocycles. The molecule has 0 radical (unpaired) electrons. The van der Waals surface area contributed by atoms with E-state index in [1.807, 2.05) is 0 Å². The first-order valence-corrected chi connectivity index (χ1v) is 7.40. The van der Waals surface area contributed by atoms with E-state index >= 15 is 0 Å². The second-order valence-electron chi connectivity index (χ2n) is 4.85. The fourth-order valence-corrected chi connectivity index (χ4v) is 2.45. The van der Waals surface area contributed by atoms with E-state index in [0.29, 0.717) is 0 Å². The van der Waals surface area contributed by atoms with Crippen LogP contribution in [-0.4, -0.2) is 27.9 Å². The molecule has 2 rings (SSSR count). The van der Waals surface area contributed by atoms with Crippen molar-refractivity contribution in [1.29, 1.82) is 0 Å². The number of hydrogen-bond acceptors (Lipinski definition) is 4. The molecule has 0 saturated heterocycles. The number of carboxylic acid groups (broad SMARTS) is 1. The molecule has 0 amide bonds. The Labute approximate surface area is 136 Å². The van der Waals surface area contributed by atoms with Gasteiger partial charge in [0.25, 0.3) is 0 Å². The van der Waals surface area contributed by atoms with Crippen LogP contribution in [0.25, 0.3) is 0 Å². The van der Waals surface area contributed by atoms with Crippen LogP contribution in [0.1, 0.15) is 35.7 Å². The Morgan fingerprint density at radius 3 is 2.55 bits per heavy atom. The van der Waals surface area contributed by atoms with Crippen LogP contribution < -0.4 is 5.32 Å². The highest BCUT2D eigenvalue weighted by Gasteiger charge is 2.29. The minimum absolute atomic E-state index is 0.0476. The summed E-state index contributed by atoms with van der Waals surface area (Å²) in [6.07, 6.45) is 3.08. The first-order valence-electron chi connectivity index (χ1n) is 6.64. The van der Waals surface area contributed by atoms with E-state index < -0.39 is 28.3 Å². The van der Waals surface area contributed by atoms with Gasteiger partial charge < -0.3 is 10.4 Å². The molecule has 1 aliphatic carbocycles. The standard InChI is InChI=1S/C14H13Cl2FN2O3/c1-2-7-9(12(15)19-13(16)10(7)17)11(20)8(14(21)22)5-18-6-3-4-6/h5-6,18H,2-4H2,1H3,(H,21,22)/b8-5+. The minimum atomic E-state index is -1.42. The summed E-state index contributed by atoms with van der Waals surface area (Å²) in [6.45, 7) is 1.61. The van der Waals surface area contributed by atoms with Crippen LogP contribution in [0.4, 0.5) is 4.39 Å². The van der Waals surface area contributed by atoms with Gasteiger partial charge in [0.1, 0.15) is 10.7 Å². The summed E-state index contributed by atoms with van der Waals surface area (Å²) in [5, 5.41) is 11.3. The van der Waals surface area contributed by atoms with Crippen molar-refractivity contribution in [3.8, 4) is 0 Å². The van der Waals surface area contributed by atoms with E-state index in [0.717, 1.165) is 19.0 Å². The van der Waals surface area contributed by atoms with E-state index in [-0.39, 0.29) is 28.7 Å². The lowest BCUT2D eigenvalue weighted by Crippen LogP contribution is -2.20. The Kier molecular flexibility index (Phi) is 5.03. The third-order valence-corrected chi connectivity index (χ3v) is 3.77. The summed E-state index contributed by atoms with van der Waals surface area (Å²) in [5.74, 6) is -3.19. The van der Waals surface area contributed by atoms with E-state index in [1.165, 1.54) is 0 Å². The van der Waals surface area contributed by atoms with Crippen molar-refractivity contribution >= 4 is 35.0 Å². The van der Waals surface area contributed by atoms with Crippen molar-refractivity contribution in [1.82, 2.24) is 10.3 Å². The van der Waals surface area contributed by atoms with Crippen molar-refractivity contribution in [3.63, 3.8) is 0 Å². The largest absolute Gasteiger partial charge is 0.477 e. The predicted octanol–water partition coefficient (Wildman–Crippen LogP) is 2.99. The molecule has 0 aromatic carbocycles. The quantitative estimate of drug-likeness (QED) is 0.272. The number of ketones is 1. The fourth-order valence-electron chi connectivity index (χ4n) is 1.92. The van der Waals surface area contributed by atoms with Crippen molar-refractivity contribution in [2.45, 2.75) is 32.2 Å². The molecule has 0 spiro atoms. The molecule has 1 fully saturated rings. The molecule has 1 heterocycles. The van der Waals surface area contributed by atoms with Gasteiger partial charge in [-0.05, 0) is 19.3 Å². The summed E-state index contributed by atoms with van der Waals surface area (Å²) in [7, 11) is 0. The van der Waals surface area contributed by atoms with Gasteiger partial charge in [-0.15, -0.1) is 0 Å². The Bertz CT molecular complexity index is 673. The molecule has 1 saturated carbocycles. The van der Waals surface area contributed by atoms with E-state index in [1.54, 1.807) is 6.92 Å². The highest BCUT2D eigenvalue weighted by Crippen LogP contribution is 2.28. The Morgan fingerprint density at radius 2 is 2.05 bits per heavy atom. The topological polar surface area (TPSA) is 79.3 Å². The molecule has 0 atom stereocenters. The lowest BCUT2D eigenvalue weighted by molar-refractivity contribution is -0.132. The molecule has 1 aromatic rings. The molecule has 2 N–H and O–H groups in total. The van der Waals surface area contributed by atoms with Crippen molar-refractivity contribution < 1.29 is 19.1 Å². The van der Waals surface area contributed by atoms with Crippen LogP contribution in [-0.2, 0) is 11.2 Å². The number of hydrogen-bond donors (Lipinski definition) is 2. The summed E-state index contributed by atoms with van der Waals surface area (Å²) < 4.78 is 14.0. The average Bonchev–Trinajstić information content (AvgIpc) is 3.26. The molecular formula is C14H13Cl2FN2O3. The van der Waals surface area contributed by atoms with Crippen LogP contribution in [0.15, 0.2) is 11.8 Å². The number of Topliss-reactive ketones (excluding diaryl/α,β-unsaturated/α-hetero) is 1. The van der Waals surface area contributed by atoms with Gasteiger partial charge in [-0.3, -0.25) is 4.79 Å². The van der Waals surface area contributed by atoms with Gasteiger partial charge in [-0.2, -0.15) is 0 Å². The van der Waals surface area contributed by atoms with Crippen LogP contribution in [0.2, 0.25) is 10.3 Å². The molecule has 0 aliphatic heterocycles. The Balaban J connectivity index is 2.48. The van der Waals surface area contributed by atoms with Gasteiger partial charge in [0.05, 0.1) is 5.56 Å². The maximum absolute atomic E-state index is 14.0. The summed E-state index contributed by atoms with van der Waals surface area (Å²) in [4.78, 5) is 27.3. The normalized spacial score (nSPS) is 14.8. The second kappa shape index (κ2) is 6.62. The van der Waals surface area contributed by atoms with Crippen LogP contribution in [0, 0.1) is 5.82 Å². The number of pyridine rings is 1.